The number of aliphatic hydroxyl groups is 1. The van der Waals surface area contributed by atoms with Crippen LogP contribution in [-0.2, 0) is 5.41 Å². The zero-order valence-corrected chi connectivity index (χ0v) is 13.3. The lowest BCUT2D eigenvalue weighted by Gasteiger charge is -2.25. The fourth-order valence-corrected chi connectivity index (χ4v) is 4.16. The van der Waals surface area contributed by atoms with E-state index < -0.39 is 0 Å². The van der Waals surface area contributed by atoms with E-state index >= 15 is 0 Å². The highest BCUT2D eigenvalue weighted by molar-refractivity contribution is 5.70. The molecule has 0 aromatic heterocycles. The number of aliphatic hydroxyl groups excluding tert-OH is 1. The van der Waals surface area contributed by atoms with Crippen molar-refractivity contribution >= 4 is 5.69 Å². The molecule has 1 atom stereocenters. The lowest BCUT2D eigenvalue weighted by atomic mass is 9.77. The number of hydrogen-bond donors (Lipinski definition) is 1. The smallest absolute Gasteiger partial charge is 0.231 e. The highest BCUT2D eigenvalue weighted by atomic mass is 16.7. The molecule has 0 saturated carbocycles. The monoisotopic (exact) mass is 325 g/mol. The van der Waals surface area contributed by atoms with Crippen molar-refractivity contribution in [1.29, 1.82) is 0 Å². The molecule has 0 radical (unpaired) electrons. The molecular formula is C19H19NO4. The van der Waals surface area contributed by atoms with Crippen molar-refractivity contribution in [3.8, 4) is 17.2 Å². The van der Waals surface area contributed by atoms with E-state index in [1.54, 1.807) is 0 Å². The normalized spacial score (nSPS) is 22.6. The van der Waals surface area contributed by atoms with Crippen LogP contribution in [0.2, 0.25) is 0 Å². The third kappa shape index (κ3) is 1.79. The first-order valence-electron chi connectivity index (χ1n) is 8.34. The fourth-order valence-electron chi connectivity index (χ4n) is 4.16. The van der Waals surface area contributed by atoms with Crippen LogP contribution in [0.25, 0.3) is 0 Å². The standard InChI is InChI=1S/C19H19NO4/c21-7-3-6-20-10-19(13-4-1-2-5-15(13)20)11-22-16-9-18-17(8-14(16)19)23-12-24-18/h1-2,4-5,8-9,21H,3,6-7,10-12H2. The maximum absolute atomic E-state index is 9.21. The molecule has 0 amide bonds. The van der Waals surface area contributed by atoms with Gasteiger partial charge in [-0.3, -0.25) is 0 Å². The van der Waals surface area contributed by atoms with Crippen LogP contribution in [0.1, 0.15) is 17.5 Å². The Labute approximate surface area is 140 Å². The number of benzene rings is 2. The van der Waals surface area contributed by atoms with E-state index in [2.05, 4.69) is 35.2 Å². The van der Waals surface area contributed by atoms with Crippen LogP contribution >= 0.6 is 0 Å². The van der Waals surface area contributed by atoms with Gasteiger partial charge in [0.2, 0.25) is 6.79 Å². The highest BCUT2D eigenvalue weighted by Crippen LogP contribution is 2.54. The van der Waals surface area contributed by atoms with E-state index in [-0.39, 0.29) is 18.8 Å². The SMILES string of the molecule is OCCCN1CC2(COc3cc4c(cc32)OCO4)c2ccccc21. The fraction of sp³-hybridized carbons (Fsp3) is 0.368. The van der Waals surface area contributed by atoms with Gasteiger partial charge in [-0.25, -0.2) is 0 Å². The number of para-hydroxylation sites is 1. The molecule has 3 aliphatic rings. The van der Waals surface area contributed by atoms with Gasteiger partial charge in [0.05, 0.1) is 5.41 Å². The zero-order chi connectivity index (χ0) is 16.1. The van der Waals surface area contributed by atoms with E-state index in [1.165, 1.54) is 16.8 Å². The molecule has 5 rings (SSSR count). The van der Waals surface area contributed by atoms with E-state index in [0.717, 1.165) is 36.8 Å². The maximum Gasteiger partial charge on any atom is 0.231 e. The van der Waals surface area contributed by atoms with Crippen molar-refractivity contribution in [2.45, 2.75) is 11.8 Å². The van der Waals surface area contributed by atoms with Gasteiger partial charge in [0.25, 0.3) is 0 Å². The summed E-state index contributed by atoms with van der Waals surface area (Å²) in [5, 5.41) is 9.21. The number of fused-ring (bicyclic) bond motifs is 5. The summed E-state index contributed by atoms with van der Waals surface area (Å²) in [6, 6.07) is 12.5. The average Bonchev–Trinajstić information content (AvgIpc) is 3.29. The molecular weight excluding hydrogens is 306 g/mol. The number of nitrogens with zero attached hydrogens (tertiary/aromatic N) is 1. The van der Waals surface area contributed by atoms with Crippen LogP contribution in [0.4, 0.5) is 5.69 Å². The van der Waals surface area contributed by atoms with Crippen molar-refractivity contribution in [1.82, 2.24) is 0 Å². The van der Waals surface area contributed by atoms with Crippen LogP contribution in [-0.4, -0.2) is 38.2 Å². The van der Waals surface area contributed by atoms with Gasteiger partial charge in [-0.1, -0.05) is 18.2 Å². The van der Waals surface area contributed by atoms with Crippen LogP contribution in [0.15, 0.2) is 36.4 Å². The number of anilines is 1. The van der Waals surface area contributed by atoms with E-state index in [4.69, 9.17) is 14.2 Å². The number of rotatable bonds is 3. The lowest BCUT2D eigenvalue weighted by molar-refractivity contribution is 0.173. The largest absolute Gasteiger partial charge is 0.492 e. The van der Waals surface area contributed by atoms with E-state index in [9.17, 15) is 5.11 Å². The highest BCUT2D eigenvalue weighted by Gasteiger charge is 2.50. The zero-order valence-electron chi connectivity index (χ0n) is 13.3. The maximum atomic E-state index is 9.21. The summed E-state index contributed by atoms with van der Waals surface area (Å²) in [7, 11) is 0. The third-order valence-corrected chi connectivity index (χ3v) is 5.27. The summed E-state index contributed by atoms with van der Waals surface area (Å²) in [5.74, 6) is 2.44. The van der Waals surface area contributed by atoms with Crippen molar-refractivity contribution in [2.24, 2.45) is 0 Å². The molecule has 124 valence electrons. The molecule has 2 aromatic rings. The van der Waals surface area contributed by atoms with Crippen LogP contribution in [0.3, 0.4) is 0 Å². The van der Waals surface area contributed by atoms with Gasteiger partial charge in [-0.2, -0.15) is 0 Å². The van der Waals surface area contributed by atoms with E-state index in [0.29, 0.717) is 6.61 Å². The van der Waals surface area contributed by atoms with Crippen LogP contribution in [0, 0.1) is 0 Å². The van der Waals surface area contributed by atoms with Gasteiger partial charge >= 0.3 is 0 Å². The molecule has 0 fully saturated rings. The van der Waals surface area contributed by atoms with Crippen LogP contribution in [0.5, 0.6) is 17.2 Å². The lowest BCUT2D eigenvalue weighted by Crippen LogP contribution is -2.36. The molecule has 1 N–H and O–H groups in total. The van der Waals surface area contributed by atoms with Gasteiger partial charge in [0, 0.05) is 37.0 Å². The topological polar surface area (TPSA) is 51.2 Å². The average molecular weight is 325 g/mol. The molecule has 5 nitrogen and oxygen atoms in total. The molecule has 0 bridgehead atoms. The molecule has 2 aromatic carbocycles. The quantitative estimate of drug-likeness (QED) is 0.938. The second kappa shape index (κ2) is 5.05. The Morgan fingerprint density at radius 2 is 1.83 bits per heavy atom. The Kier molecular flexibility index (Phi) is 2.94. The Balaban J connectivity index is 1.63. The number of ether oxygens (including phenoxy) is 3. The molecule has 1 unspecified atom stereocenters. The van der Waals surface area contributed by atoms with Crippen molar-refractivity contribution in [3.63, 3.8) is 0 Å². The summed E-state index contributed by atoms with van der Waals surface area (Å²) >= 11 is 0. The van der Waals surface area contributed by atoms with Crippen molar-refractivity contribution < 1.29 is 19.3 Å². The molecule has 3 aliphatic heterocycles. The van der Waals surface area contributed by atoms with Gasteiger partial charge in [-0.05, 0) is 24.1 Å². The van der Waals surface area contributed by atoms with Crippen molar-refractivity contribution in [2.75, 3.05) is 38.0 Å². The van der Waals surface area contributed by atoms with Gasteiger partial charge < -0.3 is 24.2 Å². The Hall–Kier alpha value is -2.40. The number of hydrogen-bond acceptors (Lipinski definition) is 5. The van der Waals surface area contributed by atoms with Crippen LogP contribution < -0.4 is 19.1 Å². The third-order valence-electron chi connectivity index (χ3n) is 5.27. The van der Waals surface area contributed by atoms with E-state index in [1.807, 2.05) is 6.07 Å². The minimum Gasteiger partial charge on any atom is -0.492 e. The summed E-state index contributed by atoms with van der Waals surface area (Å²) in [4.78, 5) is 2.36. The van der Waals surface area contributed by atoms with Gasteiger partial charge in [0.15, 0.2) is 11.5 Å². The predicted molar refractivity (Wildman–Crippen MR) is 89.2 cm³/mol. The second-order valence-electron chi connectivity index (χ2n) is 6.59. The molecule has 24 heavy (non-hydrogen) atoms. The first-order chi connectivity index (χ1) is 11.8. The molecule has 5 heteroatoms. The Morgan fingerprint density at radius 1 is 1.00 bits per heavy atom. The molecule has 0 saturated heterocycles. The summed E-state index contributed by atoms with van der Waals surface area (Å²) in [5.41, 5.74) is 3.52. The minimum atomic E-state index is -0.178. The van der Waals surface area contributed by atoms with Crippen molar-refractivity contribution in [3.05, 3.63) is 47.5 Å². The Bertz CT molecular complexity index is 806. The Morgan fingerprint density at radius 3 is 2.71 bits per heavy atom. The molecule has 1 spiro atoms. The van der Waals surface area contributed by atoms with Gasteiger partial charge in [0.1, 0.15) is 12.4 Å². The molecule has 3 heterocycles. The minimum absolute atomic E-state index is 0.178. The summed E-state index contributed by atoms with van der Waals surface area (Å²) in [6.45, 7) is 2.80. The first kappa shape index (κ1) is 14.0. The van der Waals surface area contributed by atoms with Gasteiger partial charge in [-0.15, -0.1) is 0 Å². The summed E-state index contributed by atoms with van der Waals surface area (Å²) in [6.07, 6.45) is 0.763. The second-order valence-corrected chi connectivity index (χ2v) is 6.59. The predicted octanol–water partition coefficient (Wildman–Crippen LogP) is 2.30. The first-order valence-corrected chi connectivity index (χ1v) is 8.34. The summed E-state index contributed by atoms with van der Waals surface area (Å²) < 4.78 is 17.1. The molecule has 0 aliphatic carbocycles.